The number of amides is 1. The van der Waals surface area contributed by atoms with E-state index in [4.69, 9.17) is 4.74 Å². The average Bonchev–Trinajstić information content (AvgIpc) is 3.01. The molecule has 0 atom stereocenters. The van der Waals surface area contributed by atoms with Crippen LogP contribution in [0.25, 0.3) is 0 Å². The fourth-order valence-corrected chi connectivity index (χ4v) is 1.81. The van der Waals surface area contributed by atoms with Gasteiger partial charge in [-0.2, -0.15) is 0 Å². The van der Waals surface area contributed by atoms with Crippen LogP contribution in [0.5, 0.6) is 0 Å². The maximum Gasteiger partial charge on any atom is 0.410 e. The van der Waals surface area contributed by atoms with Gasteiger partial charge in [0, 0.05) is 25.2 Å². The van der Waals surface area contributed by atoms with Crippen molar-refractivity contribution in [3.05, 3.63) is 0 Å². The molecule has 2 aliphatic rings. The minimum absolute atomic E-state index is 0.155. The first kappa shape index (κ1) is 12.7. The van der Waals surface area contributed by atoms with Crippen LogP contribution in [0.2, 0.25) is 0 Å². The third-order valence-corrected chi connectivity index (χ3v) is 2.98. The molecule has 0 heterocycles. The predicted molar refractivity (Wildman–Crippen MR) is 67.0 cm³/mol. The molecule has 4 nitrogen and oxygen atoms in total. The monoisotopic (exact) mass is 240 g/mol. The number of rotatable bonds is 5. The summed E-state index contributed by atoms with van der Waals surface area (Å²) in [5.74, 6) is 0. The van der Waals surface area contributed by atoms with Crippen molar-refractivity contribution in [1.82, 2.24) is 10.2 Å². The number of nitrogens with one attached hydrogen (secondary N) is 1. The maximum absolute atomic E-state index is 12.0. The van der Waals surface area contributed by atoms with Gasteiger partial charge in [0.15, 0.2) is 0 Å². The molecule has 2 rings (SSSR count). The van der Waals surface area contributed by atoms with Crippen molar-refractivity contribution in [2.75, 3.05) is 13.1 Å². The standard InChI is InChI=1S/C13H24N2O2/c1-13(2,3)17-12(16)15(11-6-7-11)9-8-14-10-4-5-10/h10-11,14H,4-9H2,1-3H3. The Kier molecular flexibility index (Phi) is 3.61. The van der Waals surface area contributed by atoms with Crippen LogP contribution in [0.4, 0.5) is 4.79 Å². The van der Waals surface area contributed by atoms with Gasteiger partial charge in [0.1, 0.15) is 5.60 Å². The van der Waals surface area contributed by atoms with Crippen molar-refractivity contribution in [2.24, 2.45) is 0 Å². The summed E-state index contributed by atoms with van der Waals surface area (Å²) in [6.07, 6.45) is 4.68. The summed E-state index contributed by atoms with van der Waals surface area (Å²) in [7, 11) is 0. The first-order valence-electron chi connectivity index (χ1n) is 6.69. The molecule has 2 aliphatic carbocycles. The van der Waals surface area contributed by atoms with Gasteiger partial charge in [0.25, 0.3) is 0 Å². The SMILES string of the molecule is CC(C)(C)OC(=O)N(CCNC1CC1)C1CC1. The largest absolute Gasteiger partial charge is 0.444 e. The van der Waals surface area contributed by atoms with Crippen LogP contribution >= 0.6 is 0 Å². The van der Waals surface area contributed by atoms with Gasteiger partial charge in [-0.3, -0.25) is 0 Å². The molecule has 0 radical (unpaired) electrons. The Labute approximate surface area is 104 Å². The molecule has 4 heteroatoms. The highest BCUT2D eigenvalue weighted by Gasteiger charge is 2.35. The normalized spacial score (nSPS) is 20.2. The van der Waals surface area contributed by atoms with E-state index in [0.29, 0.717) is 12.1 Å². The minimum atomic E-state index is -0.395. The summed E-state index contributed by atoms with van der Waals surface area (Å²) in [6.45, 7) is 7.41. The number of hydrogen-bond donors (Lipinski definition) is 1. The first-order valence-corrected chi connectivity index (χ1v) is 6.69. The number of nitrogens with zero attached hydrogens (tertiary/aromatic N) is 1. The van der Waals surface area contributed by atoms with Crippen LogP contribution < -0.4 is 5.32 Å². The Morgan fingerprint density at radius 2 is 1.94 bits per heavy atom. The van der Waals surface area contributed by atoms with Crippen molar-refractivity contribution in [2.45, 2.75) is 64.1 Å². The predicted octanol–water partition coefficient (Wildman–Crippen LogP) is 2.14. The zero-order valence-corrected chi connectivity index (χ0v) is 11.2. The first-order chi connectivity index (χ1) is 7.96. The quantitative estimate of drug-likeness (QED) is 0.800. The highest BCUT2D eigenvalue weighted by molar-refractivity contribution is 5.69. The zero-order chi connectivity index (χ0) is 12.5. The molecule has 1 N–H and O–H groups in total. The number of ether oxygens (including phenoxy) is 1. The van der Waals surface area contributed by atoms with E-state index in [0.717, 1.165) is 25.9 Å². The van der Waals surface area contributed by atoms with Crippen LogP contribution in [-0.2, 0) is 4.74 Å². The number of carbonyl (C=O) groups is 1. The molecular weight excluding hydrogens is 216 g/mol. The Hall–Kier alpha value is -0.770. The summed E-state index contributed by atoms with van der Waals surface area (Å²) in [5.41, 5.74) is -0.395. The van der Waals surface area contributed by atoms with Crippen molar-refractivity contribution in [3.8, 4) is 0 Å². The highest BCUT2D eigenvalue weighted by Crippen LogP contribution is 2.28. The Morgan fingerprint density at radius 1 is 1.29 bits per heavy atom. The molecule has 98 valence electrons. The van der Waals surface area contributed by atoms with Gasteiger partial charge in [-0.05, 0) is 46.5 Å². The van der Waals surface area contributed by atoms with Gasteiger partial charge in [-0.1, -0.05) is 0 Å². The van der Waals surface area contributed by atoms with Crippen LogP contribution in [0.15, 0.2) is 0 Å². The van der Waals surface area contributed by atoms with Crippen molar-refractivity contribution in [3.63, 3.8) is 0 Å². The van der Waals surface area contributed by atoms with E-state index in [9.17, 15) is 4.79 Å². The molecule has 1 amide bonds. The third kappa shape index (κ3) is 4.54. The number of hydrogen-bond acceptors (Lipinski definition) is 3. The Bertz CT molecular complexity index is 278. The molecule has 0 aliphatic heterocycles. The fourth-order valence-electron chi connectivity index (χ4n) is 1.81. The lowest BCUT2D eigenvalue weighted by Crippen LogP contribution is -2.42. The van der Waals surface area contributed by atoms with Crippen molar-refractivity contribution >= 4 is 6.09 Å². The van der Waals surface area contributed by atoms with E-state index in [1.807, 2.05) is 25.7 Å². The lowest BCUT2D eigenvalue weighted by atomic mass is 10.2. The zero-order valence-electron chi connectivity index (χ0n) is 11.2. The fraction of sp³-hybridized carbons (Fsp3) is 0.923. The molecule has 2 saturated carbocycles. The second-order valence-corrected chi connectivity index (χ2v) is 6.13. The smallest absolute Gasteiger partial charge is 0.410 e. The average molecular weight is 240 g/mol. The van der Waals surface area contributed by atoms with Crippen molar-refractivity contribution < 1.29 is 9.53 Å². The lowest BCUT2D eigenvalue weighted by molar-refractivity contribution is 0.0236. The lowest BCUT2D eigenvalue weighted by Gasteiger charge is -2.27. The maximum atomic E-state index is 12.0. The molecule has 17 heavy (non-hydrogen) atoms. The second kappa shape index (κ2) is 4.84. The van der Waals surface area contributed by atoms with E-state index in [1.54, 1.807) is 0 Å². The second-order valence-electron chi connectivity index (χ2n) is 6.13. The van der Waals surface area contributed by atoms with Crippen LogP contribution in [-0.4, -0.2) is 41.8 Å². The molecule has 0 aromatic carbocycles. The van der Waals surface area contributed by atoms with E-state index in [1.165, 1.54) is 12.8 Å². The highest BCUT2D eigenvalue weighted by atomic mass is 16.6. The summed E-state index contributed by atoms with van der Waals surface area (Å²) < 4.78 is 5.43. The summed E-state index contributed by atoms with van der Waals surface area (Å²) in [4.78, 5) is 13.9. The molecule has 0 aromatic heterocycles. The van der Waals surface area contributed by atoms with Gasteiger partial charge in [-0.25, -0.2) is 4.79 Å². The molecule has 0 unspecified atom stereocenters. The van der Waals surface area contributed by atoms with Crippen LogP contribution in [0.1, 0.15) is 46.5 Å². The van der Waals surface area contributed by atoms with Crippen LogP contribution in [0, 0.1) is 0 Å². The summed E-state index contributed by atoms with van der Waals surface area (Å²) in [6, 6.07) is 1.13. The molecule has 0 spiro atoms. The third-order valence-electron chi connectivity index (χ3n) is 2.98. The van der Waals surface area contributed by atoms with Gasteiger partial charge in [0.05, 0.1) is 0 Å². The van der Waals surface area contributed by atoms with Gasteiger partial charge < -0.3 is 15.0 Å². The number of carbonyl (C=O) groups excluding carboxylic acids is 1. The molecule has 2 fully saturated rings. The van der Waals surface area contributed by atoms with Gasteiger partial charge in [0.2, 0.25) is 0 Å². The minimum Gasteiger partial charge on any atom is -0.444 e. The summed E-state index contributed by atoms with van der Waals surface area (Å²) >= 11 is 0. The summed E-state index contributed by atoms with van der Waals surface area (Å²) in [5, 5.41) is 3.44. The molecular formula is C13H24N2O2. The van der Waals surface area contributed by atoms with Crippen molar-refractivity contribution in [1.29, 1.82) is 0 Å². The van der Waals surface area contributed by atoms with E-state index in [-0.39, 0.29) is 6.09 Å². The molecule has 0 bridgehead atoms. The van der Waals surface area contributed by atoms with Gasteiger partial charge >= 0.3 is 6.09 Å². The van der Waals surface area contributed by atoms with E-state index < -0.39 is 5.60 Å². The topological polar surface area (TPSA) is 41.6 Å². The van der Waals surface area contributed by atoms with Gasteiger partial charge in [-0.15, -0.1) is 0 Å². The Morgan fingerprint density at radius 3 is 2.41 bits per heavy atom. The Balaban J connectivity index is 1.76. The molecule has 0 saturated heterocycles. The van der Waals surface area contributed by atoms with Crippen LogP contribution in [0.3, 0.4) is 0 Å². The van der Waals surface area contributed by atoms with E-state index >= 15 is 0 Å². The molecule has 0 aromatic rings. The van der Waals surface area contributed by atoms with E-state index in [2.05, 4.69) is 5.32 Å².